The Morgan fingerprint density at radius 3 is 2.74 bits per heavy atom. The molecule has 0 fully saturated rings. The average molecular weight is 379 g/mol. The normalized spacial score (nSPS) is 11.8. The number of tetrazole rings is 1. The Hall–Kier alpha value is -3.24. The number of benzene rings is 1. The maximum atomic E-state index is 12.8. The van der Waals surface area contributed by atoms with E-state index in [1.54, 1.807) is 16.9 Å². The van der Waals surface area contributed by atoms with E-state index in [0.717, 1.165) is 16.9 Å². The zero-order chi connectivity index (χ0) is 19.6. The van der Waals surface area contributed by atoms with Gasteiger partial charge in [0.15, 0.2) is 0 Å². The second-order valence-corrected chi connectivity index (χ2v) is 6.02. The zero-order valence-corrected chi connectivity index (χ0v) is 14.5. The number of aromatic nitrogens is 6. The third kappa shape index (κ3) is 4.30. The van der Waals surface area contributed by atoms with Gasteiger partial charge in [-0.25, -0.2) is 4.68 Å². The standard InChI is InChI=1S/C16H16F3N7O/c1-10(2)26-13(6-7-20-26)21-14(27)9-25-23-15(22-24-25)11-4-3-5-12(8-11)16(17,18)19/h3-8,10H,9H2,1-2H3,(H,21,27). The van der Waals surface area contributed by atoms with Crippen molar-refractivity contribution in [2.24, 2.45) is 0 Å². The molecule has 0 saturated carbocycles. The van der Waals surface area contributed by atoms with Crippen LogP contribution in [0.3, 0.4) is 0 Å². The summed E-state index contributed by atoms with van der Waals surface area (Å²) in [6.45, 7) is 3.60. The van der Waals surface area contributed by atoms with Crippen LogP contribution in [-0.4, -0.2) is 35.9 Å². The van der Waals surface area contributed by atoms with E-state index in [-0.39, 0.29) is 24.0 Å². The predicted octanol–water partition coefficient (Wildman–Crippen LogP) is 2.78. The molecule has 0 unspecified atom stereocenters. The van der Waals surface area contributed by atoms with Crippen LogP contribution < -0.4 is 5.32 Å². The van der Waals surface area contributed by atoms with Crippen molar-refractivity contribution in [2.75, 3.05) is 5.32 Å². The van der Waals surface area contributed by atoms with Crippen molar-refractivity contribution in [1.82, 2.24) is 30.0 Å². The molecule has 0 aliphatic rings. The van der Waals surface area contributed by atoms with E-state index in [1.165, 1.54) is 12.1 Å². The molecule has 0 spiro atoms. The molecule has 8 nitrogen and oxygen atoms in total. The number of nitrogens with zero attached hydrogens (tertiary/aromatic N) is 6. The van der Waals surface area contributed by atoms with Gasteiger partial charge in [0, 0.05) is 17.7 Å². The van der Waals surface area contributed by atoms with E-state index < -0.39 is 17.6 Å². The molecule has 0 saturated heterocycles. The van der Waals surface area contributed by atoms with Crippen molar-refractivity contribution in [3.63, 3.8) is 0 Å². The van der Waals surface area contributed by atoms with Crippen LogP contribution in [0.1, 0.15) is 25.5 Å². The highest BCUT2D eigenvalue weighted by atomic mass is 19.4. The number of halogens is 3. The predicted molar refractivity (Wildman–Crippen MR) is 89.5 cm³/mol. The number of anilines is 1. The van der Waals surface area contributed by atoms with Crippen LogP contribution >= 0.6 is 0 Å². The first-order chi connectivity index (χ1) is 12.7. The highest BCUT2D eigenvalue weighted by molar-refractivity contribution is 5.89. The largest absolute Gasteiger partial charge is 0.416 e. The van der Waals surface area contributed by atoms with E-state index in [1.807, 2.05) is 13.8 Å². The van der Waals surface area contributed by atoms with Crippen molar-refractivity contribution in [3.05, 3.63) is 42.1 Å². The van der Waals surface area contributed by atoms with Crippen LogP contribution in [0.15, 0.2) is 36.5 Å². The number of hydrogen-bond donors (Lipinski definition) is 1. The molecule has 1 amide bonds. The number of carbonyl (C=O) groups excluding carboxylic acids is 1. The van der Waals surface area contributed by atoms with Gasteiger partial charge in [-0.3, -0.25) is 4.79 Å². The first-order valence-electron chi connectivity index (χ1n) is 8.03. The summed E-state index contributed by atoms with van der Waals surface area (Å²) in [5.74, 6) is 0.111. The number of hydrogen-bond acceptors (Lipinski definition) is 5. The lowest BCUT2D eigenvalue weighted by molar-refractivity contribution is -0.137. The van der Waals surface area contributed by atoms with Crippen molar-refractivity contribution < 1.29 is 18.0 Å². The second-order valence-electron chi connectivity index (χ2n) is 6.02. The van der Waals surface area contributed by atoms with E-state index in [9.17, 15) is 18.0 Å². The van der Waals surface area contributed by atoms with Gasteiger partial charge in [-0.2, -0.15) is 23.1 Å². The highest BCUT2D eigenvalue weighted by Crippen LogP contribution is 2.31. The summed E-state index contributed by atoms with van der Waals surface area (Å²) in [6, 6.07) is 6.31. The first kappa shape index (κ1) is 18.5. The molecular weight excluding hydrogens is 363 g/mol. The lowest BCUT2D eigenvalue weighted by atomic mass is 10.1. The summed E-state index contributed by atoms with van der Waals surface area (Å²) >= 11 is 0. The Bertz CT molecular complexity index is 945. The van der Waals surface area contributed by atoms with E-state index >= 15 is 0 Å². The van der Waals surface area contributed by atoms with Crippen LogP contribution in [0.4, 0.5) is 19.0 Å². The third-order valence-corrected chi connectivity index (χ3v) is 3.61. The molecule has 1 N–H and O–H groups in total. The van der Waals surface area contributed by atoms with Gasteiger partial charge in [0.1, 0.15) is 12.4 Å². The fourth-order valence-corrected chi connectivity index (χ4v) is 2.40. The minimum atomic E-state index is -4.47. The van der Waals surface area contributed by atoms with Gasteiger partial charge in [-0.15, -0.1) is 10.2 Å². The van der Waals surface area contributed by atoms with E-state index in [4.69, 9.17) is 0 Å². The average Bonchev–Trinajstić information content (AvgIpc) is 3.23. The maximum absolute atomic E-state index is 12.8. The van der Waals surface area contributed by atoms with Crippen LogP contribution in [0.5, 0.6) is 0 Å². The van der Waals surface area contributed by atoms with Gasteiger partial charge in [0.05, 0.1) is 11.8 Å². The lowest BCUT2D eigenvalue weighted by Crippen LogP contribution is -2.22. The van der Waals surface area contributed by atoms with Crippen LogP contribution in [0, 0.1) is 0 Å². The summed E-state index contributed by atoms with van der Waals surface area (Å²) < 4.78 is 40.1. The van der Waals surface area contributed by atoms with Crippen molar-refractivity contribution in [1.29, 1.82) is 0 Å². The molecule has 11 heteroatoms. The fraction of sp³-hybridized carbons (Fsp3) is 0.312. The molecule has 0 bridgehead atoms. The van der Waals surface area contributed by atoms with E-state index in [0.29, 0.717) is 5.82 Å². The summed E-state index contributed by atoms with van der Waals surface area (Å²) in [7, 11) is 0. The van der Waals surface area contributed by atoms with Crippen LogP contribution in [0.25, 0.3) is 11.4 Å². The zero-order valence-electron chi connectivity index (χ0n) is 14.5. The summed E-state index contributed by atoms with van der Waals surface area (Å²) in [6.07, 6.45) is -2.90. The number of nitrogens with one attached hydrogen (secondary N) is 1. The molecule has 27 heavy (non-hydrogen) atoms. The van der Waals surface area contributed by atoms with Gasteiger partial charge in [-0.05, 0) is 31.2 Å². The number of amides is 1. The third-order valence-electron chi connectivity index (χ3n) is 3.61. The Morgan fingerprint density at radius 1 is 1.26 bits per heavy atom. The Morgan fingerprint density at radius 2 is 2.04 bits per heavy atom. The second kappa shape index (κ2) is 7.17. The molecule has 0 atom stereocenters. The molecule has 142 valence electrons. The van der Waals surface area contributed by atoms with Gasteiger partial charge < -0.3 is 5.32 Å². The molecular formula is C16H16F3N7O. The molecule has 2 aromatic heterocycles. The van der Waals surface area contributed by atoms with Crippen molar-refractivity contribution in [2.45, 2.75) is 32.6 Å². The highest BCUT2D eigenvalue weighted by Gasteiger charge is 2.30. The quantitative estimate of drug-likeness (QED) is 0.736. The molecule has 0 aliphatic heterocycles. The Kier molecular flexibility index (Phi) is 4.93. The minimum absolute atomic E-state index is 0.00104. The monoisotopic (exact) mass is 379 g/mol. The molecule has 2 heterocycles. The van der Waals surface area contributed by atoms with Gasteiger partial charge in [0.25, 0.3) is 0 Å². The molecule has 3 rings (SSSR count). The van der Waals surface area contributed by atoms with E-state index in [2.05, 4.69) is 25.8 Å². The molecule has 0 radical (unpaired) electrons. The lowest BCUT2D eigenvalue weighted by Gasteiger charge is -2.11. The number of rotatable bonds is 5. The van der Waals surface area contributed by atoms with Gasteiger partial charge >= 0.3 is 6.18 Å². The fourth-order valence-electron chi connectivity index (χ4n) is 2.40. The maximum Gasteiger partial charge on any atom is 0.416 e. The Labute approximate surface area is 152 Å². The molecule has 1 aromatic carbocycles. The summed E-state index contributed by atoms with van der Waals surface area (Å²) in [5, 5.41) is 18.2. The van der Waals surface area contributed by atoms with Crippen LogP contribution in [0.2, 0.25) is 0 Å². The summed E-state index contributed by atoms with van der Waals surface area (Å²) in [5.41, 5.74) is -0.648. The van der Waals surface area contributed by atoms with Gasteiger partial charge in [0.2, 0.25) is 11.7 Å². The number of alkyl halides is 3. The topological polar surface area (TPSA) is 90.5 Å². The number of carbonyl (C=O) groups is 1. The first-order valence-corrected chi connectivity index (χ1v) is 8.03. The van der Waals surface area contributed by atoms with Gasteiger partial charge in [-0.1, -0.05) is 12.1 Å². The van der Waals surface area contributed by atoms with Crippen molar-refractivity contribution >= 4 is 11.7 Å². The minimum Gasteiger partial charge on any atom is -0.309 e. The Balaban J connectivity index is 1.71. The SMILES string of the molecule is CC(C)n1nccc1NC(=O)Cn1nnc(-c2cccc(C(F)(F)F)c2)n1. The van der Waals surface area contributed by atoms with Crippen LogP contribution in [-0.2, 0) is 17.5 Å². The molecule has 3 aromatic rings. The van der Waals surface area contributed by atoms with Crippen molar-refractivity contribution in [3.8, 4) is 11.4 Å². The summed E-state index contributed by atoms with van der Waals surface area (Å²) in [4.78, 5) is 13.2. The smallest absolute Gasteiger partial charge is 0.309 e. The molecule has 0 aliphatic carbocycles.